The number of nitrogens with zero attached hydrogens (tertiary/aromatic N) is 4. The molecule has 1 aromatic rings. The smallest absolute Gasteiger partial charge is 0.0478 e. The van der Waals surface area contributed by atoms with Crippen molar-refractivity contribution in [1.29, 1.82) is 0 Å². The Labute approximate surface area is 32.1 Å². The Balaban J connectivity index is 3.13. The third-order valence-corrected chi connectivity index (χ3v) is 0.478. The highest BCUT2D eigenvalue weighted by atomic mass is 32.1. The fraction of sp³-hybridized carbons (Fsp3) is 0. The fourth-order valence-electron chi connectivity index (χ4n) is 0.0816. The van der Waals surface area contributed by atoms with E-state index in [4.69, 9.17) is 0 Å². The molecule has 1 aromatic heterocycles. The maximum atomic E-state index is 3.29. The van der Waals surface area contributed by atoms with Crippen LogP contribution in [-0.2, 0) is 0 Å². The van der Waals surface area contributed by atoms with Crippen molar-refractivity contribution < 1.29 is 0 Å². The second kappa shape index (κ2) is 1.03. The summed E-state index contributed by atoms with van der Waals surface area (Å²) >= 11 is 0.991. The van der Waals surface area contributed by atoms with Gasteiger partial charge in [0.25, 0.3) is 0 Å². The molecule has 0 N–H and O–H groups in total. The van der Waals surface area contributed by atoms with Gasteiger partial charge in [0.1, 0.15) is 11.7 Å². The minimum absolute atomic E-state index is 0.991. The predicted octanol–water partition coefficient (Wildman–Crippen LogP) is -0.672. The van der Waals surface area contributed by atoms with Crippen molar-refractivity contribution in [3.63, 3.8) is 0 Å². The minimum atomic E-state index is 0.991. The Hall–Kier alpha value is -0.580. The maximum Gasteiger partial charge on any atom is 0.115 e. The van der Waals surface area contributed by atoms with Crippen molar-refractivity contribution in [3.05, 3.63) is 0 Å². The van der Waals surface area contributed by atoms with Crippen LogP contribution in [-0.4, -0.2) is 19.4 Å². The van der Waals surface area contributed by atoms with Crippen LogP contribution in [0, 0.1) is 0 Å². The normalized spacial score (nSPS) is 8.00. The second-order valence-electron chi connectivity index (χ2n) is 0.424. The first-order valence-electron chi connectivity index (χ1n) is 0.965. The van der Waals surface area contributed by atoms with Crippen LogP contribution in [0.1, 0.15) is 0 Å². The summed E-state index contributed by atoms with van der Waals surface area (Å²) in [6.07, 6.45) is 0. The average molecular weight is 88.1 g/mol. The van der Waals surface area contributed by atoms with E-state index < -0.39 is 0 Å². The molecule has 0 aliphatic heterocycles. The van der Waals surface area contributed by atoms with E-state index in [0.717, 1.165) is 11.7 Å². The van der Waals surface area contributed by atoms with Crippen molar-refractivity contribution in [1.82, 2.24) is 19.4 Å². The number of aromatic nitrogens is 4. The number of rotatable bonds is 0. The molecule has 0 aliphatic carbocycles. The molecular formula is N4S. The summed E-state index contributed by atoms with van der Waals surface area (Å²) in [6.45, 7) is 0. The van der Waals surface area contributed by atoms with Crippen LogP contribution >= 0.6 is 11.7 Å². The average Bonchev–Trinajstić information content (AvgIpc) is 1.76. The van der Waals surface area contributed by atoms with Crippen LogP contribution in [0.2, 0.25) is 0 Å². The van der Waals surface area contributed by atoms with Crippen molar-refractivity contribution in [2.75, 3.05) is 0 Å². The SMILES string of the molecule is n1nnsn1. The third-order valence-electron chi connectivity index (χ3n) is 0.186. The van der Waals surface area contributed by atoms with Crippen LogP contribution in [0.3, 0.4) is 0 Å². The monoisotopic (exact) mass is 88.0 g/mol. The van der Waals surface area contributed by atoms with Gasteiger partial charge < -0.3 is 0 Å². The topological polar surface area (TPSA) is 51.6 Å². The van der Waals surface area contributed by atoms with E-state index in [2.05, 4.69) is 19.4 Å². The summed E-state index contributed by atoms with van der Waals surface area (Å²) in [6, 6.07) is 0. The van der Waals surface area contributed by atoms with Gasteiger partial charge in [0, 0.05) is 0 Å². The Morgan fingerprint density at radius 2 is 1.60 bits per heavy atom. The summed E-state index contributed by atoms with van der Waals surface area (Å²) in [4.78, 5) is 0. The van der Waals surface area contributed by atoms with Crippen molar-refractivity contribution in [2.45, 2.75) is 0 Å². The van der Waals surface area contributed by atoms with Crippen LogP contribution in [0.5, 0.6) is 0 Å². The zero-order valence-corrected chi connectivity index (χ0v) is 3.01. The molecule has 0 unspecified atom stereocenters. The fourth-order valence-corrected chi connectivity index (χ4v) is 0.245. The van der Waals surface area contributed by atoms with E-state index >= 15 is 0 Å². The third kappa shape index (κ3) is 0.353. The van der Waals surface area contributed by atoms with Gasteiger partial charge in [-0.1, -0.05) is 0 Å². The molecule has 0 atom stereocenters. The quantitative estimate of drug-likeness (QED) is 0.422. The van der Waals surface area contributed by atoms with Gasteiger partial charge in [0.2, 0.25) is 0 Å². The van der Waals surface area contributed by atoms with Gasteiger partial charge in [-0.05, 0) is 19.4 Å². The lowest BCUT2D eigenvalue weighted by atomic mass is 12.7. The first-order chi connectivity index (χ1) is 2.50. The van der Waals surface area contributed by atoms with Crippen LogP contribution in [0.4, 0.5) is 0 Å². The maximum absolute atomic E-state index is 3.29. The molecule has 0 amide bonds. The summed E-state index contributed by atoms with van der Waals surface area (Å²) in [7, 11) is 0. The van der Waals surface area contributed by atoms with E-state index in [1.165, 1.54) is 0 Å². The first-order valence-corrected chi connectivity index (χ1v) is 1.70. The summed E-state index contributed by atoms with van der Waals surface area (Å²) in [5.41, 5.74) is 0. The highest BCUT2D eigenvalue weighted by Gasteiger charge is 1.64. The lowest BCUT2D eigenvalue weighted by Crippen LogP contribution is -1.64. The minimum Gasteiger partial charge on any atom is -0.0478 e. The van der Waals surface area contributed by atoms with Crippen LogP contribution in [0.15, 0.2) is 0 Å². The van der Waals surface area contributed by atoms with Gasteiger partial charge in [0.05, 0.1) is 0 Å². The zero-order chi connectivity index (χ0) is 3.54. The molecule has 0 saturated carbocycles. The molecule has 0 aromatic carbocycles. The largest absolute Gasteiger partial charge is 0.115 e. The van der Waals surface area contributed by atoms with E-state index in [1.54, 1.807) is 0 Å². The van der Waals surface area contributed by atoms with Gasteiger partial charge in [-0.15, -0.1) is 0 Å². The molecule has 4 nitrogen and oxygen atoms in total. The molecule has 0 fully saturated rings. The van der Waals surface area contributed by atoms with Gasteiger partial charge in [-0.25, -0.2) is 0 Å². The predicted molar refractivity (Wildman–Crippen MR) is 15.5 cm³/mol. The number of hydrogen-bond acceptors (Lipinski definition) is 5. The standard InChI is InChI=1S/N4S/c1-2-4-5-3-1. The van der Waals surface area contributed by atoms with Crippen LogP contribution < -0.4 is 0 Å². The van der Waals surface area contributed by atoms with Gasteiger partial charge in [-0.3, -0.25) is 0 Å². The summed E-state index contributed by atoms with van der Waals surface area (Å²) in [5.74, 6) is 0. The van der Waals surface area contributed by atoms with Gasteiger partial charge in [-0.2, -0.15) is 0 Å². The molecule has 0 saturated heterocycles. The molecule has 1 heterocycles. The molecule has 0 aliphatic rings. The molecule has 5 heavy (non-hydrogen) atoms. The van der Waals surface area contributed by atoms with Crippen molar-refractivity contribution >= 4 is 11.7 Å². The van der Waals surface area contributed by atoms with E-state index in [1.807, 2.05) is 0 Å². The molecule has 0 spiro atoms. The Morgan fingerprint density at radius 1 is 1.00 bits per heavy atom. The Kier molecular flexibility index (Phi) is 0.543. The van der Waals surface area contributed by atoms with Crippen LogP contribution in [0.25, 0.3) is 0 Å². The molecular weight excluding hydrogens is 88.1 g/mol. The molecule has 1 rings (SSSR count). The highest BCUT2D eigenvalue weighted by molar-refractivity contribution is 6.98. The number of hydrogen-bond donors (Lipinski definition) is 0. The highest BCUT2D eigenvalue weighted by Crippen LogP contribution is 1.62. The second-order valence-corrected chi connectivity index (χ2v) is 0.914. The molecule has 26 valence electrons. The lowest BCUT2D eigenvalue weighted by Gasteiger charge is -1.34. The van der Waals surface area contributed by atoms with E-state index in [-0.39, 0.29) is 0 Å². The van der Waals surface area contributed by atoms with Crippen molar-refractivity contribution in [2.24, 2.45) is 0 Å². The molecule has 0 radical (unpaired) electrons. The zero-order valence-electron chi connectivity index (χ0n) is 2.20. The van der Waals surface area contributed by atoms with Crippen molar-refractivity contribution in [3.8, 4) is 0 Å². The summed E-state index contributed by atoms with van der Waals surface area (Å²) in [5, 5.41) is 6.26. The first kappa shape index (κ1) is 2.65. The Bertz CT molecular complexity index is 60.1. The lowest BCUT2D eigenvalue weighted by molar-refractivity contribution is 0.881. The van der Waals surface area contributed by atoms with Gasteiger partial charge >= 0.3 is 0 Å². The summed E-state index contributed by atoms with van der Waals surface area (Å²) < 4.78 is 6.58. The Morgan fingerprint density at radius 3 is 1.80 bits per heavy atom. The van der Waals surface area contributed by atoms with E-state index in [0.29, 0.717) is 0 Å². The van der Waals surface area contributed by atoms with Gasteiger partial charge in [0.15, 0.2) is 0 Å². The molecule has 0 bridgehead atoms. The van der Waals surface area contributed by atoms with E-state index in [9.17, 15) is 0 Å². The molecule has 5 heteroatoms.